The average molecular weight is 271 g/mol. The highest BCUT2D eigenvalue weighted by Crippen LogP contribution is 2.26. The monoisotopic (exact) mass is 270 g/mol. The van der Waals surface area contributed by atoms with E-state index in [4.69, 9.17) is 10.5 Å². The van der Waals surface area contributed by atoms with E-state index in [0.717, 1.165) is 36.2 Å². The molecule has 2 atom stereocenters. The molecule has 0 aromatic carbocycles. The number of halogens is 1. The molecular weight excluding hydrogens is 256 g/mol. The Bertz CT molecular complexity index is 309. The summed E-state index contributed by atoms with van der Waals surface area (Å²) in [6, 6.07) is 3.95. The molecule has 2 N–H and O–H groups in total. The van der Waals surface area contributed by atoms with E-state index in [2.05, 4.69) is 20.9 Å². The Morgan fingerprint density at radius 3 is 3.00 bits per heavy atom. The van der Waals surface area contributed by atoms with Crippen LogP contribution in [0, 0.1) is 5.92 Å². The first-order valence-corrected chi connectivity index (χ1v) is 6.01. The minimum Gasteiger partial charge on any atom is -0.381 e. The fourth-order valence-electron chi connectivity index (χ4n) is 1.87. The summed E-state index contributed by atoms with van der Waals surface area (Å²) in [6.45, 7) is 1.63. The third-order valence-corrected chi connectivity index (χ3v) is 3.26. The van der Waals surface area contributed by atoms with Gasteiger partial charge in [0.25, 0.3) is 0 Å². The van der Waals surface area contributed by atoms with Crippen molar-refractivity contribution in [3.63, 3.8) is 0 Å². The van der Waals surface area contributed by atoms with Gasteiger partial charge in [-0.25, -0.2) is 0 Å². The van der Waals surface area contributed by atoms with E-state index < -0.39 is 0 Å². The van der Waals surface area contributed by atoms with Crippen molar-refractivity contribution in [2.75, 3.05) is 13.2 Å². The first kappa shape index (κ1) is 11.0. The van der Waals surface area contributed by atoms with Crippen LogP contribution in [-0.4, -0.2) is 18.2 Å². The fourth-order valence-corrected chi connectivity index (χ4v) is 2.11. The van der Waals surface area contributed by atoms with Gasteiger partial charge in [0.2, 0.25) is 0 Å². The Kier molecular flexibility index (Phi) is 3.72. The van der Waals surface area contributed by atoms with Gasteiger partial charge >= 0.3 is 0 Å². The number of aromatic nitrogens is 1. The summed E-state index contributed by atoms with van der Waals surface area (Å²) in [5.41, 5.74) is 7.11. The molecule has 0 bridgehead atoms. The van der Waals surface area contributed by atoms with E-state index in [0.29, 0.717) is 5.92 Å². The van der Waals surface area contributed by atoms with Gasteiger partial charge in [0.15, 0.2) is 0 Å². The van der Waals surface area contributed by atoms with Gasteiger partial charge in [0.05, 0.1) is 18.3 Å². The lowest BCUT2D eigenvalue weighted by Crippen LogP contribution is -2.29. The Morgan fingerprint density at radius 1 is 1.53 bits per heavy atom. The summed E-state index contributed by atoms with van der Waals surface area (Å²) in [5.74, 6) is 0.410. The quantitative estimate of drug-likeness (QED) is 0.897. The number of hydrogen-bond donors (Lipinski definition) is 1. The first-order chi connectivity index (χ1) is 7.27. The highest BCUT2D eigenvalue weighted by molar-refractivity contribution is 9.10. The van der Waals surface area contributed by atoms with Crippen LogP contribution in [0.15, 0.2) is 22.8 Å². The molecule has 2 rings (SSSR count). The van der Waals surface area contributed by atoms with Crippen LogP contribution in [0.4, 0.5) is 0 Å². The summed E-state index contributed by atoms with van der Waals surface area (Å²) >= 11 is 3.36. The standard InChI is InChI=1S/C11H15BrN2O/c12-9-3-4-10(14-6-9)11(13)8-2-1-5-15-7-8/h3-4,6,8,11H,1-2,5,7,13H2. The van der Waals surface area contributed by atoms with Gasteiger partial charge in [-0.3, -0.25) is 4.98 Å². The topological polar surface area (TPSA) is 48.1 Å². The van der Waals surface area contributed by atoms with Gasteiger partial charge in [-0.15, -0.1) is 0 Å². The van der Waals surface area contributed by atoms with Crippen LogP contribution in [0.1, 0.15) is 24.6 Å². The summed E-state index contributed by atoms with van der Waals surface area (Å²) in [5, 5.41) is 0. The SMILES string of the molecule is NC(c1ccc(Br)cn1)C1CCCOC1. The van der Waals surface area contributed by atoms with Crippen LogP contribution < -0.4 is 5.73 Å². The average Bonchev–Trinajstić information content (AvgIpc) is 2.30. The van der Waals surface area contributed by atoms with Gasteiger partial charge < -0.3 is 10.5 Å². The smallest absolute Gasteiger partial charge is 0.0575 e. The molecule has 1 aromatic rings. The lowest BCUT2D eigenvalue weighted by molar-refractivity contribution is 0.0442. The van der Waals surface area contributed by atoms with E-state index in [1.807, 2.05) is 12.1 Å². The molecule has 0 radical (unpaired) electrons. The van der Waals surface area contributed by atoms with Gasteiger partial charge in [-0.05, 0) is 40.9 Å². The van der Waals surface area contributed by atoms with Crippen molar-refractivity contribution in [3.05, 3.63) is 28.5 Å². The number of pyridine rings is 1. The molecule has 2 unspecified atom stereocenters. The molecule has 1 fully saturated rings. The fraction of sp³-hybridized carbons (Fsp3) is 0.545. The van der Waals surface area contributed by atoms with E-state index in [1.54, 1.807) is 6.20 Å². The molecular formula is C11H15BrN2O. The summed E-state index contributed by atoms with van der Waals surface area (Å²) in [4.78, 5) is 4.33. The Morgan fingerprint density at radius 2 is 2.40 bits per heavy atom. The van der Waals surface area contributed by atoms with Crippen molar-refractivity contribution >= 4 is 15.9 Å². The third kappa shape index (κ3) is 2.77. The van der Waals surface area contributed by atoms with Crippen molar-refractivity contribution in [1.82, 2.24) is 4.98 Å². The van der Waals surface area contributed by atoms with Gasteiger partial charge in [-0.2, -0.15) is 0 Å². The molecule has 15 heavy (non-hydrogen) atoms. The number of nitrogens with two attached hydrogens (primary N) is 1. The molecule has 3 nitrogen and oxygen atoms in total. The first-order valence-electron chi connectivity index (χ1n) is 5.22. The molecule has 1 aliphatic rings. The van der Waals surface area contributed by atoms with Crippen LogP contribution in [0.25, 0.3) is 0 Å². The number of nitrogens with zero attached hydrogens (tertiary/aromatic N) is 1. The van der Waals surface area contributed by atoms with Crippen molar-refractivity contribution in [2.24, 2.45) is 11.7 Å². The number of hydrogen-bond acceptors (Lipinski definition) is 3. The second kappa shape index (κ2) is 5.05. The third-order valence-electron chi connectivity index (χ3n) is 2.80. The molecule has 2 heterocycles. The van der Waals surface area contributed by atoms with E-state index >= 15 is 0 Å². The Hall–Kier alpha value is -0.450. The van der Waals surface area contributed by atoms with Crippen molar-refractivity contribution in [1.29, 1.82) is 0 Å². The van der Waals surface area contributed by atoms with Crippen LogP contribution in [0.5, 0.6) is 0 Å². The van der Waals surface area contributed by atoms with E-state index in [1.165, 1.54) is 0 Å². The van der Waals surface area contributed by atoms with Crippen LogP contribution in [-0.2, 0) is 4.74 Å². The highest BCUT2D eigenvalue weighted by Gasteiger charge is 2.23. The van der Waals surface area contributed by atoms with Crippen molar-refractivity contribution < 1.29 is 4.74 Å². The normalized spacial score (nSPS) is 23.7. The number of rotatable bonds is 2. The highest BCUT2D eigenvalue weighted by atomic mass is 79.9. The Balaban J connectivity index is 2.05. The molecule has 0 spiro atoms. The zero-order valence-electron chi connectivity index (χ0n) is 8.53. The maximum absolute atomic E-state index is 6.16. The molecule has 82 valence electrons. The van der Waals surface area contributed by atoms with Crippen molar-refractivity contribution in [3.8, 4) is 0 Å². The minimum absolute atomic E-state index is 0.00148. The molecule has 4 heteroatoms. The molecule has 1 aliphatic heterocycles. The lowest BCUT2D eigenvalue weighted by Gasteiger charge is -2.27. The molecule has 1 saturated heterocycles. The van der Waals surface area contributed by atoms with Gasteiger partial charge in [0.1, 0.15) is 0 Å². The zero-order valence-corrected chi connectivity index (χ0v) is 10.1. The summed E-state index contributed by atoms with van der Waals surface area (Å²) in [7, 11) is 0. The lowest BCUT2D eigenvalue weighted by atomic mass is 9.92. The maximum atomic E-state index is 6.16. The van der Waals surface area contributed by atoms with E-state index in [9.17, 15) is 0 Å². The zero-order chi connectivity index (χ0) is 10.7. The predicted molar refractivity (Wildman–Crippen MR) is 62.4 cm³/mol. The van der Waals surface area contributed by atoms with Crippen LogP contribution in [0.3, 0.4) is 0 Å². The summed E-state index contributed by atoms with van der Waals surface area (Å²) < 4.78 is 6.42. The largest absolute Gasteiger partial charge is 0.381 e. The van der Waals surface area contributed by atoms with Gasteiger partial charge in [-0.1, -0.05) is 0 Å². The van der Waals surface area contributed by atoms with Crippen LogP contribution >= 0.6 is 15.9 Å². The molecule has 0 aliphatic carbocycles. The molecule has 0 amide bonds. The predicted octanol–water partition coefficient (Wildman–Crippen LogP) is 2.27. The van der Waals surface area contributed by atoms with Crippen LogP contribution in [0.2, 0.25) is 0 Å². The second-order valence-electron chi connectivity index (χ2n) is 3.90. The van der Waals surface area contributed by atoms with Gasteiger partial charge in [0, 0.05) is 23.2 Å². The van der Waals surface area contributed by atoms with E-state index in [-0.39, 0.29) is 6.04 Å². The number of ether oxygens (including phenoxy) is 1. The maximum Gasteiger partial charge on any atom is 0.0575 e. The minimum atomic E-state index is -0.00148. The second-order valence-corrected chi connectivity index (χ2v) is 4.82. The summed E-state index contributed by atoms with van der Waals surface area (Å²) in [6.07, 6.45) is 4.03. The Labute approximate surface area is 98.2 Å². The van der Waals surface area contributed by atoms with Crippen molar-refractivity contribution in [2.45, 2.75) is 18.9 Å². The molecule has 1 aromatic heterocycles. The molecule has 0 saturated carbocycles.